The predicted octanol–water partition coefficient (Wildman–Crippen LogP) is 3.17. The molecule has 1 aromatic rings. The van der Waals surface area contributed by atoms with Crippen molar-refractivity contribution in [2.45, 2.75) is 51.0 Å². The van der Waals surface area contributed by atoms with Crippen molar-refractivity contribution in [2.75, 3.05) is 10.6 Å². The van der Waals surface area contributed by atoms with Crippen LogP contribution in [0.2, 0.25) is 0 Å². The van der Waals surface area contributed by atoms with Crippen molar-refractivity contribution in [3.63, 3.8) is 0 Å². The van der Waals surface area contributed by atoms with Crippen LogP contribution in [-0.4, -0.2) is 16.9 Å². The number of carbonyl (C=O) groups is 1. The second kappa shape index (κ2) is 5.59. The number of rotatable bonds is 4. The minimum absolute atomic E-state index is 0.143. The third-order valence-corrected chi connectivity index (χ3v) is 4.21. The average Bonchev–Trinajstić information content (AvgIpc) is 2.82. The van der Waals surface area contributed by atoms with Crippen molar-refractivity contribution in [1.29, 1.82) is 0 Å². The molecule has 2 fully saturated rings. The number of anilines is 2. The van der Waals surface area contributed by atoms with Gasteiger partial charge in [-0.3, -0.25) is 4.79 Å². The van der Waals surface area contributed by atoms with E-state index in [0.29, 0.717) is 6.04 Å². The standard InChI is InChI=1S/C15H21N3O/c19-15(11-4-3-5-11)18-13-8-9-14(16-10-13)17-12-6-1-2-7-12/h8-12H,1-7H2,(H,16,17)(H,18,19). The lowest BCUT2D eigenvalue weighted by Gasteiger charge is -2.24. The van der Waals surface area contributed by atoms with Crippen LogP contribution in [0.3, 0.4) is 0 Å². The van der Waals surface area contributed by atoms with Crippen molar-refractivity contribution in [2.24, 2.45) is 5.92 Å². The normalized spacial score (nSPS) is 20.0. The maximum Gasteiger partial charge on any atom is 0.227 e. The summed E-state index contributed by atoms with van der Waals surface area (Å²) >= 11 is 0. The highest BCUT2D eigenvalue weighted by Crippen LogP contribution is 2.27. The molecule has 1 aromatic heterocycles. The number of nitrogens with one attached hydrogen (secondary N) is 2. The maximum atomic E-state index is 11.8. The topological polar surface area (TPSA) is 54.0 Å². The minimum atomic E-state index is 0.143. The van der Waals surface area contributed by atoms with Gasteiger partial charge in [0, 0.05) is 12.0 Å². The number of amides is 1. The van der Waals surface area contributed by atoms with E-state index < -0.39 is 0 Å². The van der Waals surface area contributed by atoms with Crippen LogP contribution in [-0.2, 0) is 4.79 Å². The second-order valence-corrected chi connectivity index (χ2v) is 5.67. The quantitative estimate of drug-likeness (QED) is 0.873. The van der Waals surface area contributed by atoms with E-state index in [4.69, 9.17) is 0 Å². The molecule has 19 heavy (non-hydrogen) atoms. The van der Waals surface area contributed by atoms with Gasteiger partial charge in [-0.05, 0) is 37.8 Å². The summed E-state index contributed by atoms with van der Waals surface area (Å²) in [6.07, 6.45) is 10.1. The molecular weight excluding hydrogens is 238 g/mol. The first-order valence-electron chi connectivity index (χ1n) is 7.35. The van der Waals surface area contributed by atoms with Crippen LogP contribution in [0.25, 0.3) is 0 Å². The zero-order valence-corrected chi connectivity index (χ0v) is 11.2. The third-order valence-electron chi connectivity index (χ3n) is 4.21. The molecular formula is C15H21N3O. The van der Waals surface area contributed by atoms with Crippen molar-refractivity contribution < 1.29 is 4.79 Å². The molecule has 1 amide bonds. The van der Waals surface area contributed by atoms with Crippen LogP contribution in [0.1, 0.15) is 44.9 Å². The monoisotopic (exact) mass is 259 g/mol. The summed E-state index contributed by atoms with van der Waals surface area (Å²) in [7, 11) is 0. The zero-order chi connectivity index (χ0) is 13.1. The first kappa shape index (κ1) is 12.5. The second-order valence-electron chi connectivity index (χ2n) is 5.67. The highest BCUT2D eigenvalue weighted by Gasteiger charge is 2.25. The molecule has 4 heteroatoms. The van der Waals surface area contributed by atoms with Gasteiger partial charge in [-0.15, -0.1) is 0 Å². The minimum Gasteiger partial charge on any atom is -0.367 e. The molecule has 2 saturated carbocycles. The number of pyridine rings is 1. The lowest BCUT2D eigenvalue weighted by molar-refractivity contribution is -0.122. The summed E-state index contributed by atoms with van der Waals surface area (Å²) in [5, 5.41) is 6.38. The summed E-state index contributed by atoms with van der Waals surface area (Å²) < 4.78 is 0. The maximum absolute atomic E-state index is 11.8. The van der Waals surface area contributed by atoms with Gasteiger partial charge in [-0.25, -0.2) is 4.98 Å². The first-order chi connectivity index (χ1) is 9.31. The van der Waals surface area contributed by atoms with Crippen molar-refractivity contribution in [3.8, 4) is 0 Å². The molecule has 2 aliphatic carbocycles. The Kier molecular flexibility index (Phi) is 3.67. The van der Waals surface area contributed by atoms with Gasteiger partial charge in [-0.2, -0.15) is 0 Å². The largest absolute Gasteiger partial charge is 0.367 e. The fourth-order valence-corrected chi connectivity index (χ4v) is 2.75. The Balaban J connectivity index is 1.54. The molecule has 0 aromatic carbocycles. The van der Waals surface area contributed by atoms with Gasteiger partial charge in [0.05, 0.1) is 11.9 Å². The van der Waals surface area contributed by atoms with Crippen LogP contribution in [0.15, 0.2) is 18.3 Å². The van der Waals surface area contributed by atoms with Crippen LogP contribution in [0.4, 0.5) is 11.5 Å². The van der Waals surface area contributed by atoms with Gasteiger partial charge in [-0.1, -0.05) is 19.3 Å². The third kappa shape index (κ3) is 3.06. The molecule has 2 aliphatic rings. The summed E-state index contributed by atoms with van der Waals surface area (Å²) in [5.41, 5.74) is 0.800. The highest BCUT2D eigenvalue weighted by molar-refractivity contribution is 5.92. The SMILES string of the molecule is O=C(Nc1ccc(NC2CCCC2)nc1)C1CCC1. The van der Waals surface area contributed by atoms with Crippen molar-refractivity contribution in [1.82, 2.24) is 4.98 Å². The first-order valence-corrected chi connectivity index (χ1v) is 7.35. The van der Waals surface area contributed by atoms with Gasteiger partial charge in [0.25, 0.3) is 0 Å². The van der Waals surface area contributed by atoms with Gasteiger partial charge < -0.3 is 10.6 Å². The van der Waals surface area contributed by atoms with E-state index >= 15 is 0 Å². The molecule has 2 N–H and O–H groups in total. The average molecular weight is 259 g/mol. The van der Waals surface area contributed by atoms with Gasteiger partial charge >= 0.3 is 0 Å². The predicted molar refractivity (Wildman–Crippen MR) is 76.1 cm³/mol. The van der Waals surface area contributed by atoms with E-state index in [9.17, 15) is 4.79 Å². The van der Waals surface area contributed by atoms with Crippen molar-refractivity contribution in [3.05, 3.63) is 18.3 Å². The lowest BCUT2D eigenvalue weighted by Crippen LogP contribution is -2.28. The van der Waals surface area contributed by atoms with Crippen LogP contribution < -0.4 is 10.6 Å². The Bertz CT molecular complexity index is 433. The fourth-order valence-electron chi connectivity index (χ4n) is 2.75. The number of nitrogens with zero attached hydrogens (tertiary/aromatic N) is 1. The molecule has 102 valence electrons. The summed E-state index contributed by atoms with van der Waals surface area (Å²) in [5.74, 6) is 1.27. The number of carbonyl (C=O) groups excluding carboxylic acids is 1. The highest BCUT2D eigenvalue weighted by atomic mass is 16.1. The molecule has 0 spiro atoms. The van der Waals surface area contributed by atoms with E-state index in [0.717, 1.165) is 24.3 Å². The molecule has 3 rings (SSSR count). The Hall–Kier alpha value is -1.58. The molecule has 0 saturated heterocycles. The van der Waals surface area contributed by atoms with Crippen LogP contribution >= 0.6 is 0 Å². The fraction of sp³-hybridized carbons (Fsp3) is 0.600. The Labute approximate surface area is 114 Å². The summed E-state index contributed by atoms with van der Waals surface area (Å²) in [4.78, 5) is 16.2. The summed E-state index contributed by atoms with van der Waals surface area (Å²) in [6, 6.07) is 4.46. The molecule has 0 aliphatic heterocycles. The van der Waals surface area contributed by atoms with E-state index in [1.165, 1.54) is 32.1 Å². The van der Waals surface area contributed by atoms with E-state index in [1.807, 2.05) is 12.1 Å². The molecule has 0 radical (unpaired) electrons. The van der Waals surface area contributed by atoms with Gasteiger partial charge in [0.2, 0.25) is 5.91 Å². The summed E-state index contributed by atoms with van der Waals surface area (Å²) in [6.45, 7) is 0. The van der Waals surface area contributed by atoms with E-state index in [1.54, 1.807) is 6.20 Å². The molecule has 1 heterocycles. The molecule has 0 atom stereocenters. The molecule has 0 unspecified atom stereocenters. The van der Waals surface area contributed by atoms with Gasteiger partial charge in [0.1, 0.15) is 5.82 Å². The number of hydrogen-bond acceptors (Lipinski definition) is 3. The Morgan fingerprint density at radius 3 is 2.47 bits per heavy atom. The van der Waals surface area contributed by atoms with Crippen LogP contribution in [0.5, 0.6) is 0 Å². The van der Waals surface area contributed by atoms with Crippen LogP contribution in [0, 0.1) is 5.92 Å². The van der Waals surface area contributed by atoms with E-state index in [2.05, 4.69) is 15.6 Å². The Morgan fingerprint density at radius 1 is 1.11 bits per heavy atom. The molecule has 0 bridgehead atoms. The smallest absolute Gasteiger partial charge is 0.227 e. The van der Waals surface area contributed by atoms with Crippen molar-refractivity contribution >= 4 is 17.4 Å². The van der Waals surface area contributed by atoms with Gasteiger partial charge in [0.15, 0.2) is 0 Å². The molecule has 4 nitrogen and oxygen atoms in total. The number of aromatic nitrogens is 1. The van der Waals surface area contributed by atoms with E-state index in [-0.39, 0.29) is 11.8 Å². The number of hydrogen-bond donors (Lipinski definition) is 2. The lowest BCUT2D eigenvalue weighted by atomic mass is 9.85. The Morgan fingerprint density at radius 2 is 1.89 bits per heavy atom. The zero-order valence-electron chi connectivity index (χ0n) is 11.2.